The first-order chi connectivity index (χ1) is 5.70. The number of allylic oxidation sites excluding steroid dienone is 1. The molecular formula is C5HF7O. The average Bonchev–Trinajstić information content (AvgIpc) is 1.98. The Labute approximate surface area is 66.8 Å². The van der Waals surface area contributed by atoms with Gasteiger partial charge in [-0.25, -0.2) is 8.78 Å². The molecule has 0 aromatic heterocycles. The van der Waals surface area contributed by atoms with E-state index in [0.717, 1.165) is 0 Å². The molecule has 13 heavy (non-hydrogen) atoms. The minimum absolute atomic E-state index is 2.59. The van der Waals surface area contributed by atoms with Crippen LogP contribution in [0.5, 0.6) is 0 Å². The zero-order chi connectivity index (χ0) is 10.4. The van der Waals surface area contributed by atoms with Gasteiger partial charge in [0, 0.05) is 0 Å². The van der Waals surface area contributed by atoms with Crippen LogP contribution in [0.2, 0.25) is 0 Å². The predicted octanol–water partition coefficient (Wildman–Crippen LogP) is 2.69. The Morgan fingerprint density at radius 1 is 1.08 bits per heavy atom. The molecule has 1 aliphatic heterocycles. The molecule has 0 fully saturated rings. The lowest BCUT2D eigenvalue weighted by molar-refractivity contribution is -0.364. The number of halogens is 7. The Balaban J connectivity index is 3.17. The number of rotatable bonds is 0. The van der Waals surface area contributed by atoms with Crippen molar-refractivity contribution in [3.8, 4) is 0 Å². The summed E-state index contributed by atoms with van der Waals surface area (Å²) >= 11 is 0. The molecule has 0 saturated heterocycles. The van der Waals surface area contributed by atoms with Crippen molar-refractivity contribution in [2.24, 2.45) is 0 Å². The molecule has 0 N–H and O–H groups in total. The molecule has 0 amide bonds. The molecule has 1 unspecified atom stereocenters. The largest absolute Gasteiger partial charge is 0.469 e. The fraction of sp³-hybridized carbons (Fsp3) is 0.600. The van der Waals surface area contributed by atoms with Crippen molar-refractivity contribution in [1.82, 2.24) is 0 Å². The van der Waals surface area contributed by atoms with E-state index in [1.54, 1.807) is 0 Å². The molecule has 1 rings (SSSR count). The van der Waals surface area contributed by atoms with Crippen LogP contribution >= 0.6 is 0 Å². The molecule has 0 aliphatic carbocycles. The zero-order valence-corrected chi connectivity index (χ0v) is 5.63. The van der Waals surface area contributed by atoms with Gasteiger partial charge in [0.25, 0.3) is 0 Å². The summed E-state index contributed by atoms with van der Waals surface area (Å²) in [4.78, 5) is 0. The standard InChI is InChI=1S/C5HF7O/c6-1-2(7)4(9,10)5(11,12)13-3(1)8/h2H. The lowest BCUT2D eigenvalue weighted by atomic mass is 10.1. The highest BCUT2D eigenvalue weighted by Gasteiger charge is 2.70. The summed E-state index contributed by atoms with van der Waals surface area (Å²) in [6.07, 6.45) is -9.41. The van der Waals surface area contributed by atoms with E-state index in [2.05, 4.69) is 4.74 Å². The molecule has 1 heterocycles. The summed E-state index contributed by atoms with van der Waals surface area (Å²) in [6, 6.07) is -2.66. The Bertz CT molecular complexity index is 258. The molecule has 1 nitrogen and oxygen atoms in total. The van der Waals surface area contributed by atoms with Gasteiger partial charge in [-0.3, -0.25) is 0 Å². The molecule has 0 aromatic carbocycles. The summed E-state index contributed by atoms with van der Waals surface area (Å²) in [5, 5.41) is 0. The van der Waals surface area contributed by atoms with Crippen molar-refractivity contribution < 1.29 is 35.5 Å². The second-order valence-corrected chi connectivity index (χ2v) is 2.23. The maximum atomic E-state index is 12.1. The third-order valence-electron chi connectivity index (χ3n) is 1.33. The van der Waals surface area contributed by atoms with Crippen molar-refractivity contribution in [3.05, 3.63) is 11.8 Å². The topological polar surface area (TPSA) is 9.23 Å². The van der Waals surface area contributed by atoms with Crippen LogP contribution < -0.4 is 0 Å². The van der Waals surface area contributed by atoms with Gasteiger partial charge >= 0.3 is 18.0 Å². The number of hydrogen-bond donors (Lipinski definition) is 0. The molecule has 1 aliphatic rings. The highest BCUT2D eigenvalue weighted by atomic mass is 19.3. The van der Waals surface area contributed by atoms with Gasteiger partial charge in [0.2, 0.25) is 12.0 Å². The van der Waals surface area contributed by atoms with Gasteiger partial charge in [-0.1, -0.05) is 0 Å². The van der Waals surface area contributed by atoms with Gasteiger partial charge in [-0.05, 0) is 0 Å². The summed E-state index contributed by atoms with van der Waals surface area (Å²) in [6.45, 7) is 0. The van der Waals surface area contributed by atoms with E-state index in [-0.39, 0.29) is 0 Å². The Kier molecular flexibility index (Phi) is 1.96. The van der Waals surface area contributed by atoms with Crippen LogP contribution in [-0.4, -0.2) is 18.2 Å². The Morgan fingerprint density at radius 2 is 1.54 bits per heavy atom. The van der Waals surface area contributed by atoms with Crippen molar-refractivity contribution in [1.29, 1.82) is 0 Å². The SMILES string of the molecule is FC1=C(F)C(F)C(F)(F)C(F)(F)O1. The van der Waals surface area contributed by atoms with Crippen LogP contribution in [0.15, 0.2) is 11.8 Å². The fourth-order valence-electron chi connectivity index (χ4n) is 0.636. The van der Waals surface area contributed by atoms with Crippen molar-refractivity contribution in [2.75, 3.05) is 0 Å². The number of alkyl halides is 5. The molecule has 0 aromatic rings. The minimum atomic E-state index is -5.41. The van der Waals surface area contributed by atoms with Crippen LogP contribution in [0.1, 0.15) is 0 Å². The average molecular weight is 210 g/mol. The maximum absolute atomic E-state index is 12.1. The minimum Gasteiger partial charge on any atom is -0.400 e. The highest BCUT2D eigenvalue weighted by molar-refractivity contribution is 5.12. The third-order valence-corrected chi connectivity index (χ3v) is 1.33. The summed E-state index contributed by atoms with van der Waals surface area (Å²) < 4.78 is 86.8. The summed E-state index contributed by atoms with van der Waals surface area (Å²) in [5.74, 6) is -8.08. The first-order valence-corrected chi connectivity index (χ1v) is 2.84. The first-order valence-electron chi connectivity index (χ1n) is 2.84. The van der Waals surface area contributed by atoms with Crippen molar-refractivity contribution in [3.63, 3.8) is 0 Å². The van der Waals surface area contributed by atoms with Crippen molar-refractivity contribution >= 4 is 0 Å². The van der Waals surface area contributed by atoms with Crippen LogP contribution in [0, 0.1) is 0 Å². The maximum Gasteiger partial charge on any atom is 0.469 e. The van der Waals surface area contributed by atoms with Gasteiger partial charge < -0.3 is 4.74 Å². The molecule has 1 atom stereocenters. The van der Waals surface area contributed by atoms with Crippen molar-refractivity contribution in [2.45, 2.75) is 18.2 Å². The molecule has 0 bridgehead atoms. The molecule has 76 valence electrons. The second-order valence-electron chi connectivity index (χ2n) is 2.23. The molecule has 0 radical (unpaired) electrons. The van der Waals surface area contributed by atoms with E-state index in [1.807, 2.05) is 0 Å². The van der Waals surface area contributed by atoms with E-state index in [4.69, 9.17) is 0 Å². The first kappa shape index (κ1) is 10.1. The van der Waals surface area contributed by atoms with Crippen LogP contribution in [-0.2, 0) is 4.74 Å². The van der Waals surface area contributed by atoms with Crippen LogP contribution in [0.3, 0.4) is 0 Å². The normalized spacial score (nSPS) is 31.5. The van der Waals surface area contributed by atoms with Gasteiger partial charge in [0.15, 0.2) is 0 Å². The van der Waals surface area contributed by atoms with Gasteiger partial charge in [0.05, 0.1) is 0 Å². The van der Waals surface area contributed by atoms with Gasteiger partial charge in [-0.2, -0.15) is 22.0 Å². The zero-order valence-electron chi connectivity index (χ0n) is 5.63. The van der Waals surface area contributed by atoms with E-state index < -0.39 is 30.0 Å². The highest BCUT2D eigenvalue weighted by Crippen LogP contribution is 2.47. The quantitative estimate of drug-likeness (QED) is 0.558. The number of hydrogen-bond acceptors (Lipinski definition) is 1. The van der Waals surface area contributed by atoms with Crippen LogP contribution in [0.4, 0.5) is 30.7 Å². The lowest BCUT2D eigenvalue weighted by Gasteiger charge is -2.30. The number of ether oxygens (including phenoxy) is 1. The van der Waals surface area contributed by atoms with Gasteiger partial charge in [0.1, 0.15) is 0 Å². The summed E-state index contributed by atoms with van der Waals surface area (Å²) in [7, 11) is 0. The van der Waals surface area contributed by atoms with E-state index >= 15 is 0 Å². The molecule has 8 heteroatoms. The van der Waals surface area contributed by atoms with E-state index in [1.165, 1.54) is 0 Å². The Morgan fingerprint density at radius 3 is 2.00 bits per heavy atom. The monoisotopic (exact) mass is 210 g/mol. The summed E-state index contributed by atoms with van der Waals surface area (Å²) in [5.41, 5.74) is 0. The van der Waals surface area contributed by atoms with Gasteiger partial charge in [-0.15, -0.1) is 0 Å². The third kappa shape index (κ3) is 1.24. The predicted molar refractivity (Wildman–Crippen MR) is 25.1 cm³/mol. The van der Waals surface area contributed by atoms with Crippen LogP contribution in [0.25, 0.3) is 0 Å². The van der Waals surface area contributed by atoms with E-state index in [0.29, 0.717) is 0 Å². The lowest BCUT2D eigenvalue weighted by Crippen LogP contribution is -2.52. The molecule has 0 spiro atoms. The Hall–Kier alpha value is -0.950. The molecule has 0 saturated carbocycles. The molecular weight excluding hydrogens is 209 g/mol. The smallest absolute Gasteiger partial charge is 0.400 e. The second kappa shape index (κ2) is 2.52. The van der Waals surface area contributed by atoms with E-state index in [9.17, 15) is 30.7 Å². The fourth-order valence-corrected chi connectivity index (χ4v) is 0.636.